The summed E-state index contributed by atoms with van der Waals surface area (Å²) in [6.45, 7) is -1.63. The molecule has 2 N–H and O–H groups in total. The number of anilines is 2. The summed E-state index contributed by atoms with van der Waals surface area (Å²) in [6.07, 6.45) is -3.51. The first-order valence-corrected chi connectivity index (χ1v) is 9.16. The molecule has 0 aliphatic carbocycles. The number of carbonyl (C=O) groups is 2. The summed E-state index contributed by atoms with van der Waals surface area (Å²) in [5.41, 5.74) is 0.194. The van der Waals surface area contributed by atoms with Gasteiger partial charge in [-0.05, 0) is 24.3 Å². The highest BCUT2D eigenvalue weighted by atomic mass is 32.1. The van der Waals surface area contributed by atoms with E-state index in [-0.39, 0.29) is 23.0 Å². The first-order valence-electron chi connectivity index (χ1n) is 8.28. The maximum atomic E-state index is 13.3. The maximum absolute atomic E-state index is 13.3. The van der Waals surface area contributed by atoms with Gasteiger partial charge in [0.25, 0.3) is 5.91 Å². The molecule has 2 amide bonds. The summed E-state index contributed by atoms with van der Waals surface area (Å²) in [7, 11) is 0. The van der Waals surface area contributed by atoms with Crippen LogP contribution in [0.4, 0.5) is 28.4 Å². The van der Waals surface area contributed by atoms with Crippen LogP contribution in [-0.2, 0) is 11.2 Å². The zero-order chi connectivity index (χ0) is 21.7. The summed E-state index contributed by atoms with van der Waals surface area (Å²) in [4.78, 5) is 28.2. The van der Waals surface area contributed by atoms with Crippen LogP contribution in [0.15, 0.2) is 46.4 Å². The number of nitrogens with zero attached hydrogens (tertiary/aromatic N) is 1. The Morgan fingerprint density at radius 2 is 2.00 bits per heavy atom. The third-order valence-electron chi connectivity index (χ3n) is 3.47. The molecule has 30 heavy (non-hydrogen) atoms. The minimum atomic E-state index is -4.62. The Kier molecular flexibility index (Phi) is 6.35. The van der Waals surface area contributed by atoms with E-state index in [0.29, 0.717) is 5.69 Å². The van der Waals surface area contributed by atoms with Gasteiger partial charge in [0.15, 0.2) is 17.5 Å². The van der Waals surface area contributed by atoms with Crippen LogP contribution in [0.5, 0.6) is 5.75 Å². The highest BCUT2D eigenvalue weighted by molar-refractivity contribution is 7.14. The zero-order valence-corrected chi connectivity index (χ0v) is 15.8. The molecule has 0 bridgehead atoms. The Balaban J connectivity index is 1.61. The standard InChI is InChI=1S/C18H13F4N3O4S/c19-10-3-4-12(14(6-10)29-9-18(20,21)22)24-15(26)7-11-8-30-17(23-11)25-16(27)13-2-1-5-28-13/h1-6,8H,7,9H2,(H,24,26)(H,23,25,27). The monoisotopic (exact) mass is 443 g/mol. The van der Waals surface area contributed by atoms with Crippen molar-refractivity contribution in [2.45, 2.75) is 12.6 Å². The van der Waals surface area contributed by atoms with Crippen molar-refractivity contribution in [2.24, 2.45) is 0 Å². The lowest BCUT2D eigenvalue weighted by Crippen LogP contribution is -2.21. The topological polar surface area (TPSA) is 93.5 Å². The van der Waals surface area contributed by atoms with Gasteiger partial charge in [-0.25, -0.2) is 9.37 Å². The molecule has 2 heterocycles. The fraction of sp³-hybridized carbons (Fsp3) is 0.167. The van der Waals surface area contributed by atoms with Crippen molar-refractivity contribution in [2.75, 3.05) is 17.2 Å². The van der Waals surface area contributed by atoms with Gasteiger partial charge in [-0.3, -0.25) is 14.9 Å². The maximum Gasteiger partial charge on any atom is 0.422 e. The molecular weight excluding hydrogens is 430 g/mol. The van der Waals surface area contributed by atoms with Gasteiger partial charge >= 0.3 is 6.18 Å². The van der Waals surface area contributed by atoms with Crippen LogP contribution in [0.25, 0.3) is 0 Å². The predicted octanol–water partition coefficient (Wildman–Crippen LogP) is 4.25. The molecule has 0 spiro atoms. The molecule has 0 atom stereocenters. The Morgan fingerprint density at radius 3 is 2.70 bits per heavy atom. The van der Waals surface area contributed by atoms with Gasteiger partial charge in [0.2, 0.25) is 5.91 Å². The van der Waals surface area contributed by atoms with Crippen LogP contribution in [0, 0.1) is 5.82 Å². The molecule has 0 radical (unpaired) electrons. The van der Waals surface area contributed by atoms with Gasteiger partial charge in [0.1, 0.15) is 11.6 Å². The van der Waals surface area contributed by atoms with Crippen molar-refractivity contribution in [3.63, 3.8) is 0 Å². The van der Waals surface area contributed by atoms with Gasteiger partial charge in [-0.1, -0.05) is 0 Å². The second-order valence-corrected chi connectivity index (χ2v) is 6.70. The van der Waals surface area contributed by atoms with Gasteiger partial charge in [-0.15, -0.1) is 11.3 Å². The lowest BCUT2D eigenvalue weighted by Gasteiger charge is -2.13. The third-order valence-corrected chi connectivity index (χ3v) is 4.27. The summed E-state index contributed by atoms with van der Waals surface area (Å²) >= 11 is 1.08. The molecule has 0 unspecified atom stereocenters. The average molecular weight is 443 g/mol. The van der Waals surface area contributed by atoms with E-state index in [4.69, 9.17) is 4.42 Å². The third kappa shape index (κ3) is 6.04. The molecule has 3 aromatic rings. The number of furan rings is 1. The molecule has 0 aliphatic rings. The van der Waals surface area contributed by atoms with E-state index in [1.54, 1.807) is 6.07 Å². The van der Waals surface area contributed by atoms with Crippen LogP contribution in [-0.4, -0.2) is 29.6 Å². The van der Waals surface area contributed by atoms with Crippen molar-refractivity contribution in [3.8, 4) is 5.75 Å². The van der Waals surface area contributed by atoms with E-state index >= 15 is 0 Å². The van der Waals surface area contributed by atoms with E-state index < -0.39 is 36.2 Å². The van der Waals surface area contributed by atoms with Gasteiger partial charge < -0.3 is 14.5 Å². The largest absolute Gasteiger partial charge is 0.482 e. The molecule has 0 saturated heterocycles. The number of halogens is 4. The number of thiazole rings is 1. The lowest BCUT2D eigenvalue weighted by molar-refractivity contribution is -0.153. The first-order chi connectivity index (χ1) is 14.2. The van der Waals surface area contributed by atoms with Crippen LogP contribution in [0.3, 0.4) is 0 Å². The smallest absolute Gasteiger partial charge is 0.422 e. The SMILES string of the molecule is O=C(Cc1csc(NC(=O)c2ccco2)n1)Nc1ccc(F)cc1OCC(F)(F)F. The number of aromatic nitrogens is 1. The molecule has 0 fully saturated rings. The fourth-order valence-electron chi connectivity index (χ4n) is 2.25. The summed E-state index contributed by atoms with van der Waals surface area (Å²) < 4.78 is 59.9. The van der Waals surface area contributed by atoms with E-state index in [9.17, 15) is 27.2 Å². The van der Waals surface area contributed by atoms with Gasteiger partial charge in [0, 0.05) is 11.4 Å². The molecule has 12 heteroatoms. The average Bonchev–Trinajstić information content (AvgIpc) is 3.33. The van der Waals surface area contributed by atoms with E-state index in [1.165, 1.54) is 17.7 Å². The minimum absolute atomic E-state index is 0.0900. The van der Waals surface area contributed by atoms with Crippen molar-refractivity contribution in [3.05, 3.63) is 59.2 Å². The first kappa shape index (κ1) is 21.3. The minimum Gasteiger partial charge on any atom is -0.482 e. The fourth-order valence-corrected chi connectivity index (χ4v) is 2.95. The number of rotatable bonds is 7. The molecule has 1 aromatic carbocycles. The number of hydrogen-bond acceptors (Lipinski definition) is 6. The number of nitrogens with one attached hydrogen (secondary N) is 2. The summed E-state index contributed by atoms with van der Waals surface area (Å²) in [6, 6.07) is 5.83. The molecular formula is C18H13F4N3O4S. The van der Waals surface area contributed by atoms with Crippen LogP contribution >= 0.6 is 11.3 Å². The van der Waals surface area contributed by atoms with Crippen molar-refractivity contribution < 1.29 is 36.3 Å². The number of hydrogen-bond donors (Lipinski definition) is 2. The highest BCUT2D eigenvalue weighted by Gasteiger charge is 2.29. The molecule has 0 aliphatic heterocycles. The second kappa shape index (κ2) is 8.95. The number of ether oxygens (including phenoxy) is 1. The van der Waals surface area contributed by atoms with Crippen molar-refractivity contribution in [1.82, 2.24) is 4.98 Å². The molecule has 158 valence electrons. The van der Waals surface area contributed by atoms with Gasteiger partial charge in [-0.2, -0.15) is 13.2 Å². The Bertz CT molecular complexity index is 1030. The molecule has 0 saturated carbocycles. The normalized spacial score (nSPS) is 11.2. The van der Waals surface area contributed by atoms with Crippen molar-refractivity contribution in [1.29, 1.82) is 0 Å². The molecule has 3 rings (SSSR count). The zero-order valence-electron chi connectivity index (χ0n) is 15.0. The van der Waals surface area contributed by atoms with Crippen LogP contribution < -0.4 is 15.4 Å². The number of carbonyl (C=O) groups excluding carboxylic acids is 2. The Hall–Kier alpha value is -3.41. The number of alkyl halides is 3. The lowest BCUT2D eigenvalue weighted by atomic mass is 10.2. The van der Waals surface area contributed by atoms with Crippen molar-refractivity contribution >= 4 is 34.0 Å². The molecule has 7 nitrogen and oxygen atoms in total. The van der Waals surface area contributed by atoms with Gasteiger partial charge in [0.05, 0.1) is 24.1 Å². The van der Waals surface area contributed by atoms with E-state index in [0.717, 1.165) is 29.5 Å². The Morgan fingerprint density at radius 1 is 1.20 bits per heavy atom. The van der Waals surface area contributed by atoms with Crippen LogP contribution in [0.1, 0.15) is 16.2 Å². The second-order valence-electron chi connectivity index (χ2n) is 5.84. The van der Waals surface area contributed by atoms with E-state index in [1.807, 2.05) is 0 Å². The highest BCUT2D eigenvalue weighted by Crippen LogP contribution is 2.28. The molecule has 2 aromatic heterocycles. The quantitative estimate of drug-likeness (QED) is 0.533. The predicted molar refractivity (Wildman–Crippen MR) is 99.1 cm³/mol. The summed E-state index contributed by atoms with van der Waals surface area (Å²) in [5.74, 6) is -2.31. The van der Waals surface area contributed by atoms with E-state index in [2.05, 4.69) is 20.4 Å². The van der Waals surface area contributed by atoms with Crippen LogP contribution in [0.2, 0.25) is 0 Å². The number of benzene rings is 1. The summed E-state index contributed by atoms with van der Waals surface area (Å²) in [5, 5.41) is 6.63. The number of amides is 2. The Labute approximate surface area is 170 Å².